The van der Waals surface area contributed by atoms with E-state index in [1.165, 1.54) is 5.56 Å². The van der Waals surface area contributed by atoms with Crippen LogP contribution in [0.2, 0.25) is 5.02 Å². The Hall–Kier alpha value is -0.380. The van der Waals surface area contributed by atoms with Crippen LogP contribution in [-0.2, 0) is 6.54 Å². The molecule has 0 saturated heterocycles. The molecule has 0 fully saturated rings. The summed E-state index contributed by atoms with van der Waals surface area (Å²) in [6.45, 7) is 3.07. The summed E-state index contributed by atoms with van der Waals surface area (Å²) in [5.41, 5.74) is 2.32. The number of nitrogens with one attached hydrogen (secondary N) is 1. The Labute approximate surface area is 114 Å². The van der Waals surface area contributed by atoms with Crippen LogP contribution in [0.1, 0.15) is 12.5 Å². The molecule has 1 aromatic carbocycles. The molecule has 0 spiro atoms. The second kappa shape index (κ2) is 7.14. The van der Waals surface area contributed by atoms with Crippen molar-refractivity contribution in [2.75, 3.05) is 31.0 Å². The molecular formula is C13H21ClN2S. The van der Waals surface area contributed by atoms with Crippen LogP contribution in [0.15, 0.2) is 18.2 Å². The minimum Gasteiger partial charge on any atom is -0.370 e. The van der Waals surface area contributed by atoms with Gasteiger partial charge in [-0.05, 0) is 37.9 Å². The van der Waals surface area contributed by atoms with E-state index in [0.29, 0.717) is 6.04 Å². The largest absolute Gasteiger partial charge is 0.370 e. The van der Waals surface area contributed by atoms with Gasteiger partial charge in [-0.15, -0.1) is 0 Å². The third kappa shape index (κ3) is 4.09. The van der Waals surface area contributed by atoms with Gasteiger partial charge in [-0.25, -0.2) is 0 Å². The molecule has 96 valence electrons. The van der Waals surface area contributed by atoms with Gasteiger partial charge in [0.2, 0.25) is 0 Å². The fourth-order valence-corrected chi connectivity index (χ4v) is 2.78. The summed E-state index contributed by atoms with van der Waals surface area (Å²) in [7, 11) is 4.04. The molecule has 1 rings (SSSR count). The molecule has 1 aromatic rings. The lowest BCUT2D eigenvalue weighted by molar-refractivity contribution is 0.764. The van der Waals surface area contributed by atoms with Crippen molar-refractivity contribution < 1.29 is 0 Å². The van der Waals surface area contributed by atoms with Crippen molar-refractivity contribution in [1.29, 1.82) is 0 Å². The molecule has 1 N–H and O–H groups in total. The Morgan fingerprint density at radius 2 is 2.18 bits per heavy atom. The number of hydrogen-bond acceptors (Lipinski definition) is 3. The molecule has 0 heterocycles. The SMILES string of the molecule is CNCc1ccc(N(C)C(C)CSC)c(Cl)c1. The van der Waals surface area contributed by atoms with Crippen LogP contribution in [0.25, 0.3) is 0 Å². The molecule has 0 bridgehead atoms. The van der Waals surface area contributed by atoms with Crippen LogP contribution in [0.5, 0.6) is 0 Å². The molecule has 1 atom stereocenters. The van der Waals surface area contributed by atoms with Crippen LogP contribution in [0.3, 0.4) is 0 Å². The van der Waals surface area contributed by atoms with Crippen molar-refractivity contribution in [3.05, 3.63) is 28.8 Å². The van der Waals surface area contributed by atoms with E-state index in [1.807, 2.05) is 24.9 Å². The van der Waals surface area contributed by atoms with Gasteiger partial charge in [-0.2, -0.15) is 11.8 Å². The number of hydrogen-bond donors (Lipinski definition) is 1. The third-order valence-corrected chi connectivity index (χ3v) is 3.96. The zero-order valence-corrected chi connectivity index (χ0v) is 12.5. The fourth-order valence-electron chi connectivity index (χ4n) is 1.74. The van der Waals surface area contributed by atoms with Crippen molar-refractivity contribution in [3.63, 3.8) is 0 Å². The van der Waals surface area contributed by atoms with E-state index < -0.39 is 0 Å². The van der Waals surface area contributed by atoms with E-state index in [9.17, 15) is 0 Å². The first-order valence-electron chi connectivity index (χ1n) is 5.75. The molecule has 0 aliphatic carbocycles. The zero-order chi connectivity index (χ0) is 12.8. The summed E-state index contributed by atoms with van der Waals surface area (Å²) >= 11 is 8.18. The first-order valence-corrected chi connectivity index (χ1v) is 7.52. The zero-order valence-electron chi connectivity index (χ0n) is 11.0. The third-order valence-electron chi connectivity index (χ3n) is 2.84. The predicted octanol–water partition coefficient (Wildman–Crippen LogP) is 3.25. The Bertz CT molecular complexity index is 357. The van der Waals surface area contributed by atoms with Gasteiger partial charge in [0.1, 0.15) is 0 Å². The summed E-state index contributed by atoms with van der Waals surface area (Å²) in [4.78, 5) is 2.24. The molecule has 0 amide bonds. The number of thioether (sulfide) groups is 1. The number of anilines is 1. The maximum absolute atomic E-state index is 6.33. The van der Waals surface area contributed by atoms with Crippen LogP contribution in [0, 0.1) is 0 Å². The van der Waals surface area contributed by atoms with Gasteiger partial charge in [0.25, 0.3) is 0 Å². The highest BCUT2D eigenvalue weighted by Gasteiger charge is 2.12. The van der Waals surface area contributed by atoms with E-state index in [-0.39, 0.29) is 0 Å². The smallest absolute Gasteiger partial charge is 0.0642 e. The molecule has 0 radical (unpaired) electrons. The quantitative estimate of drug-likeness (QED) is 0.856. The molecule has 1 unspecified atom stereocenters. The van der Waals surface area contributed by atoms with Crippen LogP contribution >= 0.6 is 23.4 Å². The molecule has 0 aromatic heterocycles. The maximum atomic E-state index is 6.33. The maximum Gasteiger partial charge on any atom is 0.0642 e. The van der Waals surface area contributed by atoms with E-state index in [2.05, 4.69) is 42.6 Å². The molecule has 0 saturated carbocycles. The topological polar surface area (TPSA) is 15.3 Å². The molecule has 0 aliphatic heterocycles. The highest BCUT2D eigenvalue weighted by Crippen LogP contribution is 2.27. The van der Waals surface area contributed by atoms with Gasteiger partial charge in [-0.3, -0.25) is 0 Å². The van der Waals surface area contributed by atoms with Gasteiger partial charge in [0, 0.05) is 25.4 Å². The number of nitrogens with zero attached hydrogens (tertiary/aromatic N) is 1. The standard InChI is InChI=1S/C13H21ClN2S/c1-10(9-17-4)16(3)13-6-5-11(8-15-2)7-12(13)14/h5-7,10,15H,8-9H2,1-4H3. The van der Waals surface area contributed by atoms with E-state index in [4.69, 9.17) is 11.6 Å². The van der Waals surface area contributed by atoms with E-state index in [1.54, 1.807) is 0 Å². The first kappa shape index (κ1) is 14.7. The summed E-state index contributed by atoms with van der Waals surface area (Å²) in [5.74, 6) is 1.10. The van der Waals surface area contributed by atoms with Crippen molar-refractivity contribution in [2.45, 2.75) is 19.5 Å². The normalized spacial score (nSPS) is 12.5. The lowest BCUT2D eigenvalue weighted by Crippen LogP contribution is -2.31. The van der Waals surface area contributed by atoms with Crippen LogP contribution in [0.4, 0.5) is 5.69 Å². The Morgan fingerprint density at radius 1 is 1.47 bits per heavy atom. The lowest BCUT2D eigenvalue weighted by atomic mass is 10.2. The lowest BCUT2D eigenvalue weighted by Gasteiger charge is -2.27. The minimum absolute atomic E-state index is 0.484. The molecule has 4 heteroatoms. The van der Waals surface area contributed by atoms with Crippen molar-refractivity contribution >= 4 is 29.1 Å². The Balaban J connectivity index is 2.83. The fraction of sp³-hybridized carbons (Fsp3) is 0.538. The Kier molecular flexibility index (Phi) is 6.17. The minimum atomic E-state index is 0.484. The number of benzene rings is 1. The van der Waals surface area contributed by atoms with Crippen LogP contribution < -0.4 is 10.2 Å². The predicted molar refractivity (Wildman–Crippen MR) is 80.5 cm³/mol. The van der Waals surface area contributed by atoms with Gasteiger partial charge in [-0.1, -0.05) is 17.7 Å². The molecule has 17 heavy (non-hydrogen) atoms. The number of halogens is 1. The summed E-state index contributed by atoms with van der Waals surface area (Å²) in [6.07, 6.45) is 2.13. The van der Waals surface area contributed by atoms with Gasteiger partial charge >= 0.3 is 0 Å². The highest BCUT2D eigenvalue weighted by molar-refractivity contribution is 7.98. The van der Waals surface area contributed by atoms with Gasteiger partial charge in [0.15, 0.2) is 0 Å². The Morgan fingerprint density at radius 3 is 2.71 bits per heavy atom. The van der Waals surface area contributed by atoms with Gasteiger partial charge in [0.05, 0.1) is 10.7 Å². The molecule has 2 nitrogen and oxygen atoms in total. The average Bonchev–Trinajstić information content (AvgIpc) is 2.29. The van der Waals surface area contributed by atoms with E-state index >= 15 is 0 Å². The summed E-state index contributed by atoms with van der Waals surface area (Å²) < 4.78 is 0. The monoisotopic (exact) mass is 272 g/mol. The summed E-state index contributed by atoms with van der Waals surface area (Å²) in [6, 6.07) is 6.75. The second-order valence-electron chi connectivity index (χ2n) is 4.23. The van der Waals surface area contributed by atoms with Gasteiger partial charge < -0.3 is 10.2 Å². The van der Waals surface area contributed by atoms with Crippen molar-refractivity contribution in [3.8, 4) is 0 Å². The van der Waals surface area contributed by atoms with Crippen molar-refractivity contribution in [1.82, 2.24) is 5.32 Å². The molecular weight excluding hydrogens is 252 g/mol. The summed E-state index contributed by atoms with van der Waals surface area (Å²) in [5, 5.41) is 3.95. The molecule has 0 aliphatic rings. The number of rotatable bonds is 6. The average molecular weight is 273 g/mol. The second-order valence-corrected chi connectivity index (χ2v) is 5.55. The van der Waals surface area contributed by atoms with Crippen molar-refractivity contribution in [2.24, 2.45) is 0 Å². The highest BCUT2D eigenvalue weighted by atomic mass is 35.5. The first-order chi connectivity index (χ1) is 8.10. The van der Waals surface area contributed by atoms with Crippen LogP contribution in [-0.4, -0.2) is 32.1 Å². The van der Waals surface area contributed by atoms with E-state index in [0.717, 1.165) is 23.0 Å².